The Morgan fingerprint density at radius 2 is 2.40 bits per heavy atom. The van der Waals surface area contributed by atoms with E-state index >= 15 is 0 Å². The lowest BCUT2D eigenvalue weighted by atomic mass is 10.7. The highest BCUT2D eigenvalue weighted by atomic mass is 16.5. The fourth-order valence-corrected chi connectivity index (χ4v) is 0.343. The van der Waals surface area contributed by atoms with Crippen LogP contribution in [0.4, 0.5) is 4.79 Å². The quantitative estimate of drug-likeness (QED) is 0.440. The van der Waals surface area contributed by atoms with Crippen LogP contribution in [0.1, 0.15) is 6.92 Å². The van der Waals surface area contributed by atoms with Crippen LogP contribution in [-0.2, 0) is 9.53 Å². The molecule has 0 fully saturated rings. The second-order valence-corrected chi connectivity index (χ2v) is 1.49. The molecule has 0 aliphatic rings. The van der Waals surface area contributed by atoms with Crippen LogP contribution in [0.25, 0.3) is 0 Å². The van der Waals surface area contributed by atoms with E-state index in [4.69, 9.17) is 0 Å². The lowest BCUT2D eigenvalue weighted by Gasteiger charge is -2.13. The van der Waals surface area contributed by atoms with Crippen LogP contribution in [0.15, 0.2) is 0 Å². The van der Waals surface area contributed by atoms with Gasteiger partial charge in [-0.2, -0.15) is 0 Å². The summed E-state index contributed by atoms with van der Waals surface area (Å²) < 4.78 is 4.23. The van der Waals surface area contributed by atoms with Crippen molar-refractivity contribution in [3.8, 4) is 0 Å². The topological polar surface area (TPSA) is 58.6 Å². The molecule has 0 bridgehead atoms. The fourth-order valence-electron chi connectivity index (χ4n) is 0.343. The highest BCUT2D eigenvalue weighted by molar-refractivity contribution is 5.68. The summed E-state index contributed by atoms with van der Waals surface area (Å²) in [5.41, 5.74) is 2.17. The molecule has 1 N–H and O–H groups in total. The van der Waals surface area contributed by atoms with Gasteiger partial charge < -0.3 is 4.74 Å². The number of nitrogens with one attached hydrogen (secondary N) is 1. The molecule has 0 aliphatic heterocycles. The lowest BCUT2D eigenvalue weighted by molar-refractivity contribution is -0.120. The van der Waals surface area contributed by atoms with Crippen LogP contribution in [0.5, 0.6) is 0 Å². The zero-order valence-electron chi connectivity index (χ0n) is 5.96. The number of hydrazine groups is 1. The standard InChI is InChI=1S/C5H10N2O3/c1-3-7(4-8)6-5(9)10-2/h4H,3H2,1-2H3,(H,6,9). The Kier molecular flexibility index (Phi) is 4.02. The van der Waals surface area contributed by atoms with Crippen LogP contribution in [-0.4, -0.2) is 31.2 Å². The third kappa shape index (κ3) is 2.91. The molecule has 0 heterocycles. The third-order valence-corrected chi connectivity index (χ3v) is 0.888. The van der Waals surface area contributed by atoms with Crippen LogP contribution in [0, 0.1) is 0 Å². The van der Waals surface area contributed by atoms with Crippen molar-refractivity contribution in [3.63, 3.8) is 0 Å². The Bertz CT molecular complexity index is 126. The first-order valence-corrected chi connectivity index (χ1v) is 2.81. The van der Waals surface area contributed by atoms with Gasteiger partial charge in [0.2, 0.25) is 6.41 Å². The SMILES string of the molecule is CCN(C=O)NC(=O)OC. The monoisotopic (exact) mass is 146 g/mol. The van der Waals surface area contributed by atoms with E-state index in [1.807, 2.05) is 0 Å². The molecule has 0 saturated heterocycles. The van der Waals surface area contributed by atoms with Gasteiger partial charge in [-0.05, 0) is 6.92 Å². The second-order valence-electron chi connectivity index (χ2n) is 1.49. The van der Waals surface area contributed by atoms with Crippen molar-refractivity contribution >= 4 is 12.5 Å². The maximum atomic E-state index is 10.4. The summed E-state index contributed by atoms with van der Waals surface area (Å²) in [6.45, 7) is 2.14. The number of carbonyl (C=O) groups excluding carboxylic acids is 2. The summed E-state index contributed by atoms with van der Waals surface area (Å²) in [7, 11) is 1.23. The molecule has 0 aromatic heterocycles. The molecular formula is C5H10N2O3. The molecule has 5 nitrogen and oxygen atoms in total. The molecule has 0 atom stereocenters. The molecule has 0 spiro atoms. The Morgan fingerprint density at radius 3 is 2.70 bits per heavy atom. The average molecular weight is 146 g/mol. The molecule has 2 amide bonds. The van der Waals surface area contributed by atoms with Crippen molar-refractivity contribution in [2.24, 2.45) is 0 Å². The number of hydrogen-bond donors (Lipinski definition) is 1. The maximum Gasteiger partial charge on any atom is 0.425 e. The van der Waals surface area contributed by atoms with Gasteiger partial charge in [-0.1, -0.05) is 0 Å². The molecule has 0 saturated carbocycles. The molecular weight excluding hydrogens is 136 g/mol. The Hall–Kier alpha value is -1.26. The van der Waals surface area contributed by atoms with Crippen molar-refractivity contribution in [2.75, 3.05) is 13.7 Å². The minimum Gasteiger partial charge on any atom is -0.452 e. The van der Waals surface area contributed by atoms with Crippen LogP contribution < -0.4 is 5.43 Å². The summed E-state index contributed by atoms with van der Waals surface area (Å²) in [6.07, 6.45) is -0.134. The zero-order chi connectivity index (χ0) is 7.98. The van der Waals surface area contributed by atoms with E-state index < -0.39 is 6.09 Å². The van der Waals surface area contributed by atoms with E-state index in [0.29, 0.717) is 13.0 Å². The molecule has 0 aliphatic carbocycles. The van der Waals surface area contributed by atoms with Gasteiger partial charge in [0.15, 0.2) is 0 Å². The lowest BCUT2D eigenvalue weighted by Crippen LogP contribution is -2.40. The zero-order valence-corrected chi connectivity index (χ0v) is 5.96. The Balaban J connectivity index is 3.62. The molecule has 0 rings (SSSR count). The summed E-state index contributed by atoms with van der Waals surface area (Å²) in [4.78, 5) is 20.4. The van der Waals surface area contributed by atoms with Crippen LogP contribution in [0.3, 0.4) is 0 Å². The second kappa shape index (κ2) is 4.60. The fraction of sp³-hybridized carbons (Fsp3) is 0.600. The van der Waals surface area contributed by atoms with Gasteiger partial charge in [0.05, 0.1) is 7.11 Å². The van der Waals surface area contributed by atoms with Gasteiger partial charge in [0, 0.05) is 6.54 Å². The molecule has 58 valence electrons. The van der Waals surface area contributed by atoms with Crippen molar-refractivity contribution < 1.29 is 14.3 Å². The Morgan fingerprint density at radius 1 is 1.80 bits per heavy atom. The average Bonchev–Trinajstić information content (AvgIpc) is 1.99. The first-order valence-electron chi connectivity index (χ1n) is 2.81. The normalized spacial score (nSPS) is 8.20. The Labute approximate surface area is 58.9 Å². The summed E-state index contributed by atoms with van der Waals surface area (Å²) in [5, 5.41) is 1.08. The van der Waals surface area contributed by atoms with E-state index in [1.54, 1.807) is 6.92 Å². The van der Waals surface area contributed by atoms with Gasteiger partial charge in [0.1, 0.15) is 0 Å². The van der Waals surface area contributed by atoms with E-state index in [-0.39, 0.29) is 0 Å². The molecule has 0 aromatic rings. The van der Waals surface area contributed by atoms with Gasteiger partial charge in [0.25, 0.3) is 0 Å². The number of rotatable bonds is 3. The molecule has 0 radical (unpaired) electrons. The van der Waals surface area contributed by atoms with Crippen molar-refractivity contribution in [3.05, 3.63) is 0 Å². The molecule has 5 heteroatoms. The van der Waals surface area contributed by atoms with E-state index in [2.05, 4.69) is 10.2 Å². The van der Waals surface area contributed by atoms with Crippen LogP contribution >= 0.6 is 0 Å². The number of nitrogens with zero attached hydrogens (tertiary/aromatic N) is 1. The van der Waals surface area contributed by atoms with Gasteiger partial charge in [-0.25, -0.2) is 10.2 Å². The van der Waals surface area contributed by atoms with Gasteiger partial charge >= 0.3 is 6.09 Å². The number of carbonyl (C=O) groups is 2. The largest absolute Gasteiger partial charge is 0.452 e. The van der Waals surface area contributed by atoms with Gasteiger partial charge in [-0.15, -0.1) is 0 Å². The predicted octanol–water partition coefficient (Wildman–Crippen LogP) is -0.264. The van der Waals surface area contributed by atoms with E-state index in [1.165, 1.54) is 7.11 Å². The van der Waals surface area contributed by atoms with Gasteiger partial charge in [-0.3, -0.25) is 9.80 Å². The summed E-state index contributed by atoms with van der Waals surface area (Å²) in [6, 6.07) is 0. The molecule has 0 unspecified atom stereocenters. The molecule has 0 aromatic carbocycles. The number of methoxy groups -OCH3 is 1. The smallest absolute Gasteiger partial charge is 0.425 e. The van der Waals surface area contributed by atoms with E-state index in [0.717, 1.165) is 5.01 Å². The number of amides is 2. The number of ether oxygens (including phenoxy) is 1. The van der Waals surface area contributed by atoms with Crippen molar-refractivity contribution in [1.82, 2.24) is 10.4 Å². The van der Waals surface area contributed by atoms with Crippen LogP contribution in [0.2, 0.25) is 0 Å². The maximum absolute atomic E-state index is 10.4. The predicted molar refractivity (Wildman–Crippen MR) is 34.0 cm³/mol. The summed E-state index contributed by atoms with van der Waals surface area (Å²) in [5.74, 6) is 0. The van der Waals surface area contributed by atoms with Crippen molar-refractivity contribution in [2.45, 2.75) is 6.92 Å². The highest BCUT2D eigenvalue weighted by Crippen LogP contribution is 1.76. The highest BCUT2D eigenvalue weighted by Gasteiger charge is 2.01. The first kappa shape index (κ1) is 8.74. The minimum absolute atomic E-state index is 0.415. The number of hydrogen-bond acceptors (Lipinski definition) is 3. The first-order chi connectivity index (χ1) is 4.74. The van der Waals surface area contributed by atoms with E-state index in [9.17, 15) is 9.59 Å². The molecule has 10 heavy (non-hydrogen) atoms. The summed E-state index contributed by atoms with van der Waals surface area (Å²) >= 11 is 0. The third-order valence-electron chi connectivity index (χ3n) is 0.888. The van der Waals surface area contributed by atoms with Crippen molar-refractivity contribution in [1.29, 1.82) is 0 Å². The minimum atomic E-state index is -0.644.